The van der Waals surface area contributed by atoms with Gasteiger partial charge >= 0.3 is 0 Å². The van der Waals surface area contributed by atoms with Crippen molar-refractivity contribution in [2.75, 3.05) is 44.7 Å². The van der Waals surface area contributed by atoms with Crippen LogP contribution in [-0.4, -0.2) is 60.6 Å². The highest BCUT2D eigenvalue weighted by Crippen LogP contribution is 2.29. The molecule has 29 heavy (non-hydrogen) atoms. The highest BCUT2D eigenvalue weighted by molar-refractivity contribution is 5.80. The summed E-state index contributed by atoms with van der Waals surface area (Å²) in [6.45, 7) is 3.49. The first kappa shape index (κ1) is 19.6. The fourth-order valence-corrected chi connectivity index (χ4v) is 4.14. The van der Waals surface area contributed by atoms with Crippen LogP contribution in [0.1, 0.15) is 24.4 Å². The number of hydrogen-bond acceptors (Lipinski definition) is 6. The van der Waals surface area contributed by atoms with Crippen LogP contribution in [0.25, 0.3) is 0 Å². The lowest BCUT2D eigenvalue weighted by Crippen LogP contribution is -2.52. The predicted molar refractivity (Wildman–Crippen MR) is 107 cm³/mol. The molecule has 1 N–H and O–H groups in total. The van der Waals surface area contributed by atoms with Crippen molar-refractivity contribution in [3.63, 3.8) is 0 Å². The van der Waals surface area contributed by atoms with Gasteiger partial charge in [0.1, 0.15) is 5.82 Å². The van der Waals surface area contributed by atoms with E-state index in [0.717, 1.165) is 38.0 Å². The molecular weight excluding hydrogens is 373 g/mol. The second-order valence-electron chi connectivity index (χ2n) is 7.47. The summed E-state index contributed by atoms with van der Waals surface area (Å²) in [6.07, 6.45) is 3.18. The highest BCUT2D eigenvalue weighted by Gasteiger charge is 2.34. The van der Waals surface area contributed by atoms with Crippen molar-refractivity contribution in [2.45, 2.75) is 18.9 Å². The van der Waals surface area contributed by atoms with Gasteiger partial charge in [-0.25, -0.2) is 9.37 Å². The monoisotopic (exact) mass is 399 g/mol. The van der Waals surface area contributed by atoms with Crippen molar-refractivity contribution >= 4 is 11.9 Å². The van der Waals surface area contributed by atoms with Crippen molar-refractivity contribution in [3.05, 3.63) is 47.9 Å². The SMILES string of the molecule is COc1ccnc(N2CCC(C(=O)N3CCNCC3c3cccc(F)c3)CC2)n1. The number of piperidine rings is 1. The Morgan fingerprint density at radius 3 is 2.83 bits per heavy atom. The van der Waals surface area contributed by atoms with Crippen molar-refractivity contribution in [1.82, 2.24) is 20.2 Å². The molecule has 4 rings (SSSR count). The van der Waals surface area contributed by atoms with Crippen LogP contribution in [0.2, 0.25) is 0 Å². The van der Waals surface area contributed by atoms with Crippen molar-refractivity contribution < 1.29 is 13.9 Å². The first-order valence-electron chi connectivity index (χ1n) is 10.0. The number of carbonyl (C=O) groups is 1. The van der Waals surface area contributed by atoms with Gasteiger partial charge in [-0.2, -0.15) is 4.98 Å². The van der Waals surface area contributed by atoms with Crippen LogP contribution in [0.3, 0.4) is 0 Å². The average Bonchev–Trinajstić information content (AvgIpc) is 2.79. The number of ether oxygens (including phenoxy) is 1. The van der Waals surface area contributed by atoms with E-state index in [-0.39, 0.29) is 23.7 Å². The van der Waals surface area contributed by atoms with Gasteiger partial charge in [-0.05, 0) is 30.5 Å². The van der Waals surface area contributed by atoms with E-state index in [1.807, 2.05) is 11.0 Å². The van der Waals surface area contributed by atoms with Gasteiger partial charge in [-0.3, -0.25) is 4.79 Å². The van der Waals surface area contributed by atoms with E-state index in [4.69, 9.17) is 4.74 Å². The van der Waals surface area contributed by atoms with E-state index in [9.17, 15) is 9.18 Å². The number of aromatic nitrogens is 2. The summed E-state index contributed by atoms with van der Waals surface area (Å²) in [7, 11) is 1.58. The molecule has 154 valence electrons. The van der Waals surface area contributed by atoms with Gasteiger partial charge in [0.15, 0.2) is 0 Å². The maximum atomic E-state index is 13.7. The molecule has 0 radical (unpaired) electrons. The quantitative estimate of drug-likeness (QED) is 0.848. The number of benzene rings is 1. The third-order valence-corrected chi connectivity index (χ3v) is 5.71. The first-order chi connectivity index (χ1) is 14.2. The van der Waals surface area contributed by atoms with Crippen LogP contribution in [0.15, 0.2) is 36.5 Å². The van der Waals surface area contributed by atoms with E-state index >= 15 is 0 Å². The first-order valence-corrected chi connectivity index (χ1v) is 10.0. The number of piperazine rings is 1. The zero-order valence-electron chi connectivity index (χ0n) is 16.6. The third-order valence-electron chi connectivity index (χ3n) is 5.71. The minimum Gasteiger partial charge on any atom is -0.481 e. The molecule has 0 aliphatic carbocycles. The summed E-state index contributed by atoms with van der Waals surface area (Å²) in [5.41, 5.74) is 0.841. The average molecular weight is 399 g/mol. The Bertz CT molecular complexity index is 856. The standard InChI is InChI=1S/C21H26FN5O2/c1-29-19-5-8-24-21(25-19)26-10-6-15(7-11-26)20(28)27-12-9-23-14-18(27)16-3-2-4-17(22)13-16/h2-5,8,13,15,18,23H,6-7,9-12,14H2,1H3. The second-order valence-corrected chi connectivity index (χ2v) is 7.47. The fourth-order valence-electron chi connectivity index (χ4n) is 4.14. The molecular formula is C21H26FN5O2. The van der Waals surface area contributed by atoms with Crippen LogP contribution in [0.4, 0.5) is 10.3 Å². The molecule has 3 heterocycles. The molecule has 0 bridgehead atoms. The summed E-state index contributed by atoms with van der Waals surface area (Å²) >= 11 is 0. The topological polar surface area (TPSA) is 70.6 Å². The fraction of sp³-hybridized carbons (Fsp3) is 0.476. The number of halogens is 1. The van der Waals surface area contributed by atoms with Crippen LogP contribution in [0.5, 0.6) is 5.88 Å². The smallest absolute Gasteiger partial charge is 0.228 e. The normalized spacial score (nSPS) is 20.6. The van der Waals surface area contributed by atoms with Crippen molar-refractivity contribution in [2.24, 2.45) is 5.92 Å². The van der Waals surface area contributed by atoms with Gasteiger partial charge in [0.05, 0.1) is 13.2 Å². The third kappa shape index (κ3) is 4.32. The molecule has 0 spiro atoms. The molecule has 7 nitrogen and oxygen atoms in total. The van der Waals surface area contributed by atoms with E-state index in [2.05, 4.69) is 20.2 Å². The van der Waals surface area contributed by atoms with Gasteiger partial charge in [-0.1, -0.05) is 12.1 Å². The number of methoxy groups -OCH3 is 1. The number of nitrogens with one attached hydrogen (secondary N) is 1. The lowest BCUT2D eigenvalue weighted by Gasteiger charge is -2.40. The number of carbonyl (C=O) groups excluding carboxylic acids is 1. The molecule has 2 aliphatic heterocycles. The van der Waals surface area contributed by atoms with Crippen LogP contribution >= 0.6 is 0 Å². The lowest BCUT2D eigenvalue weighted by atomic mass is 9.93. The van der Waals surface area contributed by atoms with E-state index in [1.165, 1.54) is 12.1 Å². The molecule has 1 aromatic carbocycles. The summed E-state index contributed by atoms with van der Waals surface area (Å²) in [5, 5.41) is 3.33. The summed E-state index contributed by atoms with van der Waals surface area (Å²) < 4.78 is 18.9. The molecule has 1 unspecified atom stereocenters. The Morgan fingerprint density at radius 1 is 1.24 bits per heavy atom. The summed E-state index contributed by atoms with van der Waals surface area (Å²) in [4.78, 5) is 26.0. The highest BCUT2D eigenvalue weighted by atomic mass is 19.1. The molecule has 1 amide bonds. The van der Waals surface area contributed by atoms with Crippen LogP contribution in [-0.2, 0) is 4.79 Å². The Hall–Kier alpha value is -2.74. The molecule has 2 fully saturated rings. The minimum absolute atomic E-state index is 0.0361. The van der Waals surface area contributed by atoms with Crippen molar-refractivity contribution in [1.29, 1.82) is 0 Å². The Morgan fingerprint density at radius 2 is 2.07 bits per heavy atom. The minimum atomic E-state index is -0.271. The number of hydrogen-bond donors (Lipinski definition) is 1. The number of amides is 1. The van der Waals surface area contributed by atoms with Gasteiger partial charge in [0, 0.05) is 50.9 Å². The van der Waals surface area contributed by atoms with E-state index in [1.54, 1.807) is 25.4 Å². The summed E-state index contributed by atoms with van der Waals surface area (Å²) in [6, 6.07) is 8.14. The second kappa shape index (κ2) is 8.73. The Labute approximate surface area is 169 Å². The lowest BCUT2D eigenvalue weighted by molar-refractivity contribution is -0.139. The molecule has 2 aliphatic rings. The Kier molecular flexibility index (Phi) is 5.89. The van der Waals surface area contributed by atoms with Crippen LogP contribution < -0.4 is 15.0 Å². The molecule has 2 aromatic rings. The maximum absolute atomic E-state index is 13.7. The van der Waals surface area contributed by atoms with Crippen molar-refractivity contribution in [3.8, 4) is 5.88 Å². The summed E-state index contributed by atoms with van der Waals surface area (Å²) in [5.74, 6) is 1.02. The maximum Gasteiger partial charge on any atom is 0.228 e. The number of nitrogens with zero attached hydrogens (tertiary/aromatic N) is 4. The molecule has 0 saturated carbocycles. The van der Waals surface area contributed by atoms with Crippen LogP contribution in [0, 0.1) is 11.7 Å². The molecule has 2 saturated heterocycles. The van der Waals surface area contributed by atoms with Gasteiger partial charge in [0.25, 0.3) is 0 Å². The number of rotatable bonds is 4. The largest absolute Gasteiger partial charge is 0.481 e. The molecule has 1 atom stereocenters. The Balaban J connectivity index is 1.42. The molecule has 1 aromatic heterocycles. The van der Waals surface area contributed by atoms with Gasteiger partial charge in [-0.15, -0.1) is 0 Å². The van der Waals surface area contributed by atoms with Gasteiger partial charge in [0.2, 0.25) is 17.7 Å². The molecule has 8 heteroatoms. The van der Waals surface area contributed by atoms with E-state index < -0.39 is 0 Å². The predicted octanol–water partition coefficient (Wildman–Crippen LogP) is 2.01. The van der Waals surface area contributed by atoms with Gasteiger partial charge < -0.3 is 19.9 Å². The number of anilines is 1. The zero-order chi connectivity index (χ0) is 20.2. The zero-order valence-corrected chi connectivity index (χ0v) is 16.6. The van der Waals surface area contributed by atoms with E-state index in [0.29, 0.717) is 24.9 Å².